The van der Waals surface area contributed by atoms with E-state index in [4.69, 9.17) is 9.15 Å². The zero-order valence-electron chi connectivity index (χ0n) is 24.5. The maximum absolute atomic E-state index is 15.5. The molecule has 1 aliphatic carbocycles. The average molecular weight is 584 g/mol. The molecule has 0 unspecified atom stereocenters. The van der Waals surface area contributed by atoms with Gasteiger partial charge in [-0.25, -0.2) is 19.2 Å². The number of nitrogens with zero attached hydrogens (tertiary/aromatic N) is 3. The number of hydrogen-bond acceptors (Lipinski definition) is 6. The molecule has 3 aromatic heterocycles. The number of nitrogens with one attached hydrogen (secondary N) is 2. The first-order valence-corrected chi connectivity index (χ1v) is 14.9. The Morgan fingerprint density at radius 1 is 1.00 bits per heavy atom. The van der Waals surface area contributed by atoms with Gasteiger partial charge in [-0.05, 0) is 76.8 Å². The fourth-order valence-corrected chi connectivity index (χ4v) is 6.39. The number of H-pyrrole nitrogens is 2. The summed E-state index contributed by atoms with van der Waals surface area (Å²) in [4.78, 5) is 43.6. The molecule has 5 aromatic rings. The first kappa shape index (κ1) is 27.4. The molecule has 2 N–H and O–H groups in total. The van der Waals surface area contributed by atoms with Gasteiger partial charge < -0.3 is 19.1 Å². The molecule has 0 bridgehead atoms. The fraction of sp³-hybridized carbons (Fsp3) is 0.394. The van der Waals surface area contributed by atoms with Crippen molar-refractivity contribution < 1.29 is 18.3 Å². The van der Waals surface area contributed by atoms with Crippen molar-refractivity contribution in [2.45, 2.75) is 76.9 Å². The van der Waals surface area contributed by atoms with Crippen molar-refractivity contribution in [3.05, 3.63) is 70.3 Å². The van der Waals surface area contributed by atoms with E-state index < -0.39 is 17.5 Å². The van der Waals surface area contributed by atoms with E-state index >= 15 is 4.39 Å². The first-order chi connectivity index (χ1) is 20.6. The Morgan fingerprint density at radius 3 is 2.58 bits per heavy atom. The largest absolute Gasteiger partial charge is 0.456 e. The van der Waals surface area contributed by atoms with Crippen LogP contribution in [0.5, 0.6) is 0 Å². The van der Waals surface area contributed by atoms with Crippen molar-refractivity contribution in [1.29, 1.82) is 0 Å². The van der Waals surface area contributed by atoms with Crippen molar-refractivity contribution in [2.75, 3.05) is 6.54 Å². The molecule has 1 saturated heterocycles. The number of imidazole rings is 2. The van der Waals surface area contributed by atoms with E-state index in [0.717, 1.165) is 36.9 Å². The van der Waals surface area contributed by atoms with E-state index in [1.807, 2.05) is 33.0 Å². The normalized spacial score (nSPS) is 17.9. The quantitative estimate of drug-likeness (QED) is 0.211. The van der Waals surface area contributed by atoms with Crippen LogP contribution in [0.3, 0.4) is 0 Å². The molecular formula is C33H34FN5O4. The number of carbonyl (C=O) groups excluding carboxylic acids is 1. The summed E-state index contributed by atoms with van der Waals surface area (Å²) >= 11 is 0. The lowest BCUT2D eigenvalue weighted by Gasteiger charge is -2.27. The number of likely N-dealkylation sites (tertiary alicyclic amines) is 1. The van der Waals surface area contributed by atoms with Gasteiger partial charge >= 0.3 is 6.09 Å². The summed E-state index contributed by atoms with van der Waals surface area (Å²) in [6.07, 6.45) is 9.34. The van der Waals surface area contributed by atoms with Crippen LogP contribution in [-0.4, -0.2) is 43.1 Å². The van der Waals surface area contributed by atoms with Crippen LogP contribution in [-0.2, 0) is 4.74 Å². The molecule has 10 heteroatoms. The van der Waals surface area contributed by atoms with Crippen molar-refractivity contribution in [3.8, 4) is 22.6 Å². The molecule has 4 heterocycles. The predicted molar refractivity (Wildman–Crippen MR) is 161 cm³/mol. The van der Waals surface area contributed by atoms with E-state index in [1.165, 1.54) is 25.0 Å². The van der Waals surface area contributed by atoms with Crippen molar-refractivity contribution >= 4 is 28.0 Å². The Hall–Kier alpha value is -4.47. The molecule has 1 saturated carbocycles. The van der Waals surface area contributed by atoms with Crippen LogP contribution in [0.4, 0.5) is 9.18 Å². The summed E-state index contributed by atoms with van der Waals surface area (Å²) in [5.74, 6) is 1.18. The molecule has 0 spiro atoms. The maximum Gasteiger partial charge on any atom is 0.410 e. The van der Waals surface area contributed by atoms with Gasteiger partial charge in [-0.1, -0.05) is 12.8 Å². The van der Waals surface area contributed by atoms with Crippen LogP contribution < -0.4 is 5.43 Å². The monoisotopic (exact) mass is 583 g/mol. The summed E-state index contributed by atoms with van der Waals surface area (Å²) in [6, 6.07) is 7.83. The Bertz CT molecular complexity index is 1910. The molecule has 2 fully saturated rings. The second-order valence-electron chi connectivity index (χ2n) is 12.7. The van der Waals surface area contributed by atoms with E-state index in [-0.39, 0.29) is 28.0 Å². The Balaban J connectivity index is 1.20. The molecule has 2 aliphatic rings. The minimum Gasteiger partial charge on any atom is -0.456 e. The minimum absolute atomic E-state index is 0.156. The highest BCUT2D eigenvalue weighted by atomic mass is 19.1. The van der Waals surface area contributed by atoms with Crippen LogP contribution in [0.15, 0.2) is 51.9 Å². The summed E-state index contributed by atoms with van der Waals surface area (Å²) in [7, 11) is 0. The third kappa shape index (κ3) is 5.08. The van der Waals surface area contributed by atoms with E-state index in [0.29, 0.717) is 40.8 Å². The smallest absolute Gasteiger partial charge is 0.410 e. The number of fused-ring (bicyclic) bond motifs is 2. The van der Waals surface area contributed by atoms with Gasteiger partial charge in [0.15, 0.2) is 0 Å². The van der Waals surface area contributed by atoms with Crippen molar-refractivity contribution in [2.24, 2.45) is 0 Å². The standard InChI is InChI=1S/C33H34FN5O4/c1-33(2,3)43-32(41)39-12-6-9-26(39)31-36-17-25(38-31)20-15-28-22(14-23(20)34)29(40)21-13-19(10-11-27(21)42-28)30-35-16-24(37-30)18-7-4-5-8-18/h10-11,13-18,26H,4-9,12H2,1-3H3,(H,35,37)(H,36,38)/t26-/m0/s1. The lowest BCUT2D eigenvalue weighted by molar-refractivity contribution is 0.0218. The van der Waals surface area contributed by atoms with Crippen LogP contribution >= 0.6 is 0 Å². The molecule has 222 valence electrons. The second-order valence-corrected chi connectivity index (χ2v) is 12.7. The first-order valence-electron chi connectivity index (χ1n) is 14.9. The summed E-state index contributed by atoms with van der Waals surface area (Å²) in [5.41, 5.74) is 2.32. The fourth-order valence-electron chi connectivity index (χ4n) is 6.39. The third-order valence-corrected chi connectivity index (χ3v) is 8.50. The van der Waals surface area contributed by atoms with Crippen molar-refractivity contribution in [1.82, 2.24) is 24.8 Å². The third-order valence-electron chi connectivity index (χ3n) is 8.50. The number of ether oxygens (including phenoxy) is 1. The molecule has 7 rings (SSSR count). The molecule has 1 aliphatic heterocycles. The van der Waals surface area contributed by atoms with E-state index in [2.05, 4.69) is 19.9 Å². The summed E-state index contributed by atoms with van der Waals surface area (Å²) in [6.45, 7) is 6.04. The second kappa shape index (κ2) is 10.4. The Labute approximate surface area is 247 Å². The topological polar surface area (TPSA) is 117 Å². The van der Waals surface area contributed by atoms with Gasteiger partial charge in [-0.15, -0.1) is 0 Å². The van der Waals surface area contributed by atoms with Crippen LogP contribution in [0.1, 0.15) is 82.8 Å². The van der Waals surface area contributed by atoms with Gasteiger partial charge in [0.25, 0.3) is 0 Å². The summed E-state index contributed by atoms with van der Waals surface area (Å²) < 4.78 is 27.2. The average Bonchev–Trinajstić information content (AvgIpc) is 3.78. The van der Waals surface area contributed by atoms with E-state index in [1.54, 1.807) is 23.2 Å². The SMILES string of the molecule is CC(C)(C)OC(=O)N1CCC[C@H]1c1ncc(-c2cc3oc4ccc(-c5ncc(C6CCCC6)[nH]5)cc4c(=O)c3cc2F)[nH]1. The zero-order chi connectivity index (χ0) is 29.9. The molecule has 1 atom stereocenters. The van der Waals surface area contributed by atoms with E-state index in [9.17, 15) is 9.59 Å². The number of carbonyl (C=O) groups is 1. The number of aromatic amines is 2. The predicted octanol–water partition coefficient (Wildman–Crippen LogP) is 7.60. The molecular weight excluding hydrogens is 549 g/mol. The number of benzene rings is 2. The Kier molecular flexibility index (Phi) is 6.59. The van der Waals surface area contributed by atoms with Gasteiger partial charge in [0.1, 0.15) is 34.2 Å². The van der Waals surface area contributed by atoms with Crippen LogP contribution in [0.25, 0.3) is 44.6 Å². The highest BCUT2D eigenvalue weighted by Gasteiger charge is 2.35. The molecule has 1 amide bonds. The molecule has 2 aromatic carbocycles. The minimum atomic E-state index is -0.611. The number of halogens is 1. The highest BCUT2D eigenvalue weighted by Crippen LogP contribution is 2.36. The highest BCUT2D eigenvalue weighted by molar-refractivity contribution is 5.93. The molecule has 9 nitrogen and oxygen atoms in total. The van der Waals surface area contributed by atoms with Gasteiger partial charge in [-0.3, -0.25) is 9.69 Å². The Morgan fingerprint density at radius 2 is 1.79 bits per heavy atom. The summed E-state index contributed by atoms with van der Waals surface area (Å²) in [5, 5.41) is 0.520. The molecule has 0 radical (unpaired) electrons. The lowest BCUT2D eigenvalue weighted by Crippen LogP contribution is -2.36. The zero-order valence-corrected chi connectivity index (χ0v) is 24.5. The van der Waals surface area contributed by atoms with Gasteiger partial charge in [0.2, 0.25) is 5.43 Å². The van der Waals surface area contributed by atoms with Crippen LogP contribution in [0, 0.1) is 5.82 Å². The van der Waals surface area contributed by atoms with Crippen LogP contribution in [0.2, 0.25) is 0 Å². The molecule has 43 heavy (non-hydrogen) atoms. The lowest BCUT2D eigenvalue weighted by atomic mass is 10.1. The number of amides is 1. The van der Waals surface area contributed by atoms with Gasteiger partial charge in [0, 0.05) is 35.5 Å². The van der Waals surface area contributed by atoms with Gasteiger partial charge in [0.05, 0.1) is 28.7 Å². The maximum atomic E-state index is 15.5. The number of hydrogen-bond donors (Lipinski definition) is 2. The number of rotatable bonds is 4. The van der Waals surface area contributed by atoms with Gasteiger partial charge in [-0.2, -0.15) is 0 Å². The number of aromatic nitrogens is 4. The van der Waals surface area contributed by atoms with Crippen molar-refractivity contribution in [3.63, 3.8) is 0 Å².